The molecule has 1 aromatic rings. The van der Waals surface area contributed by atoms with Gasteiger partial charge in [0.1, 0.15) is 5.75 Å². The van der Waals surface area contributed by atoms with Crippen LogP contribution in [0.3, 0.4) is 0 Å². The van der Waals surface area contributed by atoms with Crippen molar-refractivity contribution in [2.24, 2.45) is 17.6 Å². The summed E-state index contributed by atoms with van der Waals surface area (Å²) in [6.07, 6.45) is 3.75. The van der Waals surface area contributed by atoms with Gasteiger partial charge in [-0.05, 0) is 55.3 Å². The third-order valence-corrected chi connectivity index (χ3v) is 3.03. The minimum Gasteiger partial charge on any atom is -0.508 e. The van der Waals surface area contributed by atoms with Crippen molar-refractivity contribution >= 4 is 0 Å². The summed E-state index contributed by atoms with van der Waals surface area (Å²) in [7, 11) is 0. The fourth-order valence-corrected chi connectivity index (χ4v) is 1.94. The van der Waals surface area contributed by atoms with Crippen molar-refractivity contribution < 1.29 is 5.11 Å². The number of phenolic OH excluding ortho intramolecular Hbond substituents is 1. The third kappa shape index (κ3) is 2.26. The van der Waals surface area contributed by atoms with Gasteiger partial charge in [-0.15, -0.1) is 0 Å². The van der Waals surface area contributed by atoms with E-state index in [-0.39, 0.29) is 0 Å². The molecular formula is C12H17NO. The molecule has 2 nitrogen and oxygen atoms in total. The monoisotopic (exact) mass is 191 g/mol. The Morgan fingerprint density at radius 1 is 1.29 bits per heavy atom. The maximum Gasteiger partial charge on any atom is 0.115 e. The predicted octanol–water partition coefficient (Wildman–Crippen LogP) is 1.92. The summed E-state index contributed by atoms with van der Waals surface area (Å²) < 4.78 is 0. The van der Waals surface area contributed by atoms with E-state index in [0.29, 0.717) is 11.7 Å². The topological polar surface area (TPSA) is 46.2 Å². The van der Waals surface area contributed by atoms with E-state index in [1.807, 2.05) is 12.1 Å². The van der Waals surface area contributed by atoms with E-state index in [4.69, 9.17) is 10.8 Å². The van der Waals surface area contributed by atoms with E-state index in [0.717, 1.165) is 18.9 Å². The molecule has 0 aromatic heterocycles. The number of hydrogen-bond acceptors (Lipinski definition) is 2. The SMILES string of the molecule is NCC(Cc1ccc(O)cc1)C1CC1. The van der Waals surface area contributed by atoms with Crippen LogP contribution in [0, 0.1) is 11.8 Å². The third-order valence-electron chi connectivity index (χ3n) is 3.03. The Kier molecular flexibility index (Phi) is 2.73. The molecule has 14 heavy (non-hydrogen) atoms. The van der Waals surface area contributed by atoms with Crippen LogP contribution in [0.5, 0.6) is 5.75 Å². The minimum absolute atomic E-state index is 0.337. The highest BCUT2D eigenvalue weighted by atomic mass is 16.3. The van der Waals surface area contributed by atoms with Crippen LogP contribution in [-0.2, 0) is 6.42 Å². The summed E-state index contributed by atoms with van der Waals surface area (Å²) in [5.74, 6) is 1.83. The summed E-state index contributed by atoms with van der Waals surface area (Å²) in [6.45, 7) is 0.783. The lowest BCUT2D eigenvalue weighted by atomic mass is 9.95. The first-order chi connectivity index (χ1) is 6.79. The van der Waals surface area contributed by atoms with Crippen LogP contribution in [0.4, 0.5) is 0 Å². The van der Waals surface area contributed by atoms with Gasteiger partial charge in [-0.2, -0.15) is 0 Å². The van der Waals surface area contributed by atoms with E-state index < -0.39 is 0 Å². The molecule has 1 saturated carbocycles. The molecule has 0 heterocycles. The van der Waals surface area contributed by atoms with Crippen LogP contribution in [-0.4, -0.2) is 11.7 Å². The van der Waals surface area contributed by atoms with E-state index in [1.54, 1.807) is 12.1 Å². The molecular weight excluding hydrogens is 174 g/mol. The van der Waals surface area contributed by atoms with E-state index in [2.05, 4.69) is 0 Å². The molecule has 76 valence electrons. The number of hydrogen-bond donors (Lipinski definition) is 2. The average Bonchev–Trinajstić information content (AvgIpc) is 3.01. The molecule has 3 N–H and O–H groups in total. The van der Waals surface area contributed by atoms with Gasteiger partial charge in [0, 0.05) is 0 Å². The van der Waals surface area contributed by atoms with Gasteiger partial charge in [0.15, 0.2) is 0 Å². The molecule has 1 atom stereocenters. The highest BCUT2D eigenvalue weighted by molar-refractivity contribution is 5.26. The maximum absolute atomic E-state index is 9.14. The van der Waals surface area contributed by atoms with Crippen molar-refractivity contribution in [2.75, 3.05) is 6.54 Å². The van der Waals surface area contributed by atoms with Crippen LogP contribution >= 0.6 is 0 Å². The van der Waals surface area contributed by atoms with Crippen LogP contribution in [0.1, 0.15) is 18.4 Å². The molecule has 2 heteroatoms. The summed E-state index contributed by atoms with van der Waals surface area (Å²) >= 11 is 0. The van der Waals surface area contributed by atoms with Gasteiger partial charge < -0.3 is 10.8 Å². The molecule has 0 spiro atoms. The second-order valence-corrected chi connectivity index (χ2v) is 4.20. The van der Waals surface area contributed by atoms with Gasteiger partial charge in [-0.3, -0.25) is 0 Å². The van der Waals surface area contributed by atoms with E-state index >= 15 is 0 Å². The van der Waals surface area contributed by atoms with Crippen molar-refractivity contribution in [3.05, 3.63) is 29.8 Å². The highest BCUT2D eigenvalue weighted by Crippen LogP contribution is 2.37. The molecule has 1 aliphatic rings. The van der Waals surface area contributed by atoms with Gasteiger partial charge in [0.25, 0.3) is 0 Å². The lowest BCUT2D eigenvalue weighted by Gasteiger charge is -2.13. The van der Waals surface area contributed by atoms with Crippen molar-refractivity contribution in [1.29, 1.82) is 0 Å². The zero-order valence-electron chi connectivity index (χ0n) is 8.32. The molecule has 1 unspecified atom stereocenters. The number of aromatic hydroxyl groups is 1. The van der Waals surface area contributed by atoms with Gasteiger partial charge in [-0.1, -0.05) is 12.1 Å². The molecule has 0 radical (unpaired) electrons. The van der Waals surface area contributed by atoms with E-state index in [9.17, 15) is 0 Å². The number of benzene rings is 1. The molecule has 1 aromatic carbocycles. The molecule has 1 fully saturated rings. The number of nitrogens with two attached hydrogens (primary N) is 1. The fraction of sp³-hybridized carbons (Fsp3) is 0.500. The lowest BCUT2D eigenvalue weighted by molar-refractivity contribution is 0.466. The summed E-state index contributed by atoms with van der Waals surface area (Å²) in [6, 6.07) is 7.46. The summed E-state index contributed by atoms with van der Waals surface area (Å²) in [5.41, 5.74) is 7.02. The van der Waals surface area contributed by atoms with Crippen molar-refractivity contribution in [2.45, 2.75) is 19.3 Å². The maximum atomic E-state index is 9.14. The second kappa shape index (κ2) is 4.01. The van der Waals surface area contributed by atoms with Gasteiger partial charge in [0.2, 0.25) is 0 Å². The Morgan fingerprint density at radius 3 is 2.43 bits per heavy atom. The van der Waals surface area contributed by atoms with Crippen molar-refractivity contribution in [3.63, 3.8) is 0 Å². The van der Waals surface area contributed by atoms with Gasteiger partial charge in [0.05, 0.1) is 0 Å². The van der Waals surface area contributed by atoms with Crippen LogP contribution < -0.4 is 5.73 Å². The Balaban J connectivity index is 1.98. The van der Waals surface area contributed by atoms with E-state index in [1.165, 1.54) is 18.4 Å². The lowest BCUT2D eigenvalue weighted by Crippen LogP contribution is -2.18. The number of rotatable bonds is 4. The van der Waals surface area contributed by atoms with Crippen molar-refractivity contribution in [3.8, 4) is 5.75 Å². The fourth-order valence-electron chi connectivity index (χ4n) is 1.94. The molecule has 1 aliphatic carbocycles. The van der Waals surface area contributed by atoms with Crippen molar-refractivity contribution in [1.82, 2.24) is 0 Å². The zero-order valence-corrected chi connectivity index (χ0v) is 8.32. The predicted molar refractivity (Wildman–Crippen MR) is 57.1 cm³/mol. The molecule has 0 aliphatic heterocycles. The van der Waals surface area contributed by atoms with Crippen LogP contribution in [0.25, 0.3) is 0 Å². The minimum atomic E-state index is 0.337. The first kappa shape index (κ1) is 9.53. The average molecular weight is 191 g/mol. The molecule has 0 saturated heterocycles. The largest absolute Gasteiger partial charge is 0.508 e. The Bertz CT molecular complexity index is 290. The zero-order chi connectivity index (χ0) is 9.97. The summed E-state index contributed by atoms with van der Waals surface area (Å²) in [4.78, 5) is 0. The number of phenols is 1. The first-order valence-electron chi connectivity index (χ1n) is 5.27. The van der Waals surface area contributed by atoms with Crippen LogP contribution in [0.15, 0.2) is 24.3 Å². The Morgan fingerprint density at radius 2 is 1.93 bits per heavy atom. The van der Waals surface area contributed by atoms with Gasteiger partial charge in [-0.25, -0.2) is 0 Å². The summed E-state index contributed by atoms with van der Waals surface area (Å²) in [5, 5.41) is 9.14. The molecule has 2 rings (SSSR count). The Hall–Kier alpha value is -1.02. The molecule has 0 bridgehead atoms. The van der Waals surface area contributed by atoms with Gasteiger partial charge >= 0.3 is 0 Å². The molecule has 0 amide bonds. The Labute approximate surface area is 84.7 Å². The quantitative estimate of drug-likeness (QED) is 0.763. The second-order valence-electron chi connectivity index (χ2n) is 4.20. The first-order valence-corrected chi connectivity index (χ1v) is 5.27. The highest BCUT2D eigenvalue weighted by Gasteiger charge is 2.29. The van der Waals surface area contributed by atoms with Crippen LogP contribution in [0.2, 0.25) is 0 Å². The standard InChI is InChI=1S/C12H17NO/c13-8-11(10-3-4-10)7-9-1-5-12(14)6-2-9/h1-2,5-6,10-11,14H,3-4,7-8,13H2. The smallest absolute Gasteiger partial charge is 0.115 e. The normalized spacial score (nSPS) is 18.1.